The lowest BCUT2D eigenvalue weighted by molar-refractivity contribution is 0.580. The van der Waals surface area contributed by atoms with Crippen molar-refractivity contribution in [2.24, 2.45) is 0 Å². The molecule has 0 unspecified atom stereocenters. The molecule has 0 bridgehead atoms. The minimum Gasteiger partial charge on any atom is -0.463 e. The molecule has 120 valence electrons. The van der Waals surface area contributed by atoms with Crippen molar-refractivity contribution in [3.8, 4) is 17.5 Å². The summed E-state index contributed by atoms with van der Waals surface area (Å²) in [6.45, 7) is 6.55. The van der Waals surface area contributed by atoms with Crippen LogP contribution in [0.15, 0.2) is 52.5 Å². The second kappa shape index (κ2) is 6.46. The highest BCUT2D eigenvalue weighted by atomic mass is 32.1. The molecule has 0 fully saturated rings. The van der Waals surface area contributed by atoms with Crippen LogP contribution in [0.3, 0.4) is 0 Å². The second-order valence-electron chi connectivity index (χ2n) is 6.56. The Kier molecular flexibility index (Phi) is 4.37. The zero-order valence-electron chi connectivity index (χ0n) is 13.9. The largest absolute Gasteiger partial charge is 0.463 e. The van der Waals surface area contributed by atoms with E-state index in [1.165, 1.54) is 16.9 Å². The summed E-state index contributed by atoms with van der Waals surface area (Å²) in [5.74, 6) is 0.712. The summed E-state index contributed by atoms with van der Waals surface area (Å²) in [6, 6.07) is 14.2. The van der Waals surface area contributed by atoms with Crippen molar-refractivity contribution in [2.75, 3.05) is 0 Å². The molecule has 0 aliphatic carbocycles. The van der Waals surface area contributed by atoms with Crippen LogP contribution in [0.4, 0.5) is 0 Å². The highest BCUT2D eigenvalue weighted by Gasteiger charge is 2.13. The predicted molar refractivity (Wildman–Crippen MR) is 98.4 cm³/mol. The van der Waals surface area contributed by atoms with Crippen molar-refractivity contribution in [3.63, 3.8) is 0 Å². The molecule has 0 atom stereocenters. The molecule has 4 heteroatoms. The molecule has 2 aromatic heterocycles. The molecule has 1 aromatic carbocycles. The van der Waals surface area contributed by atoms with Gasteiger partial charge in [-0.15, -0.1) is 11.3 Å². The lowest BCUT2D eigenvalue weighted by Gasteiger charge is -2.18. The first-order valence-corrected chi connectivity index (χ1v) is 8.57. The molecular formula is C20H18N2OS. The smallest absolute Gasteiger partial charge is 0.153 e. The van der Waals surface area contributed by atoms with E-state index in [1.54, 1.807) is 6.26 Å². The van der Waals surface area contributed by atoms with Gasteiger partial charge in [-0.25, -0.2) is 4.98 Å². The van der Waals surface area contributed by atoms with Crippen LogP contribution in [0, 0.1) is 11.3 Å². The molecule has 3 nitrogen and oxygen atoms in total. The minimum absolute atomic E-state index is 0.119. The van der Waals surface area contributed by atoms with Crippen molar-refractivity contribution in [1.29, 1.82) is 5.26 Å². The van der Waals surface area contributed by atoms with Crippen molar-refractivity contribution in [2.45, 2.75) is 26.2 Å². The molecule has 0 aliphatic heterocycles. The monoisotopic (exact) mass is 334 g/mol. The van der Waals surface area contributed by atoms with Crippen LogP contribution in [-0.4, -0.2) is 4.98 Å². The van der Waals surface area contributed by atoms with Crippen molar-refractivity contribution >= 4 is 23.0 Å². The Morgan fingerprint density at radius 1 is 1.21 bits per heavy atom. The first-order valence-electron chi connectivity index (χ1n) is 7.69. The molecule has 3 rings (SSSR count). The van der Waals surface area contributed by atoms with Crippen molar-refractivity contribution in [1.82, 2.24) is 4.98 Å². The summed E-state index contributed by atoms with van der Waals surface area (Å²) >= 11 is 1.45. The van der Waals surface area contributed by atoms with Gasteiger partial charge in [-0.05, 0) is 34.8 Å². The number of hydrogen-bond donors (Lipinski definition) is 0. The molecule has 0 saturated carbocycles. The Labute approximate surface area is 145 Å². The first kappa shape index (κ1) is 16.2. The summed E-state index contributed by atoms with van der Waals surface area (Å²) in [7, 11) is 0. The molecule has 0 N–H and O–H groups in total. The van der Waals surface area contributed by atoms with E-state index in [9.17, 15) is 5.26 Å². The van der Waals surface area contributed by atoms with Gasteiger partial charge >= 0.3 is 0 Å². The fraction of sp³-hybridized carbons (Fsp3) is 0.200. The Balaban J connectivity index is 1.89. The standard InChI is InChI=1S/C20H18N2OS/c1-20(2,3)16-8-6-14(7-9-16)11-15(12-21)19-22-17(13-24-19)18-5-4-10-23-18/h4-11,13H,1-3H3/b15-11+. The SMILES string of the molecule is CC(C)(C)c1ccc(/C=C(\C#N)c2nc(-c3ccco3)cs2)cc1. The van der Waals surface area contributed by atoms with Gasteiger partial charge in [0.15, 0.2) is 5.76 Å². The quantitative estimate of drug-likeness (QED) is 0.572. The van der Waals surface area contributed by atoms with E-state index in [0.29, 0.717) is 16.3 Å². The summed E-state index contributed by atoms with van der Waals surface area (Å²) in [4.78, 5) is 4.51. The zero-order valence-corrected chi connectivity index (χ0v) is 14.7. The maximum absolute atomic E-state index is 9.49. The minimum atomic E-state index is 0.119. The molecule has 3 aromatic rings. The number of benzene rings is 1. The third-order valence-electron chi connectivity index (χ3n) is 3.72. The van der Waals surface area contributed by atoms with E-state index in [4.69, 9.17) is 4.42 Å². The van der Waals surface area contributed by atoms with E-state index in [2.05, 4.69) is 44.0 Å². The average molecular weight is 334 g/mol. The summed E-state index contributed by atoms with van der Waals surface area (Å²) in [5, 5.41) is 12.1. The first-order chi connectivity index (χ1) is 11.5. The van der Waals surface area contributed by atoms with Crippen LogP contribution < -0.4 is 0 Å². The number of nitrogens with zero attached hydrogens (tertiary/aromatic N) is 2. The number of nitriles is 1. The van der Waals surface area contributed by atoms with Crippen molar-refractivity contribution < 1.29 is 4.42 Å². The van der Waals surface area contributed by atoms with Gasteiger partial charge in [-0.3, -0.25) is 0 Å². The third-order valence-corrected chi connectivity index (χ3v) is 4.59. The number of hydrogen-bond acceptors (Lipinski definition) is 4. The van der Waals surface area contributed by atoms with Gasteiger partial charge in [0.2, 0.25) is 0 Å². The van der Waals surface area contributed by atoms with E-state index < -0.39 is 0 Å². The van der Waals surface area contributed by atoms with Gasteiger partial charge < -0.3 is 4.42 Å². The van der Waals surface area contributed by atoms with Gasteiger partial charge in [-0.2, -0.15) is 5.26 Å². The molecule has 0 amide bonds. The van der Waals surface area contributed by atoms with Crippen molar-refractivity contribution in [3.05, 3.63) is 64.2 Å². The van der Waals surface area contributed by atoms with E-state index in [0.717, 1.165) is 11.3 Å². The fourth-order valence-corrected chi connectivity index (χ4v) is 3.10. The van der Waals surface area contributed by atoms with Gasteiger partial charge in [0.25, 0.3) is 0 Å². The predicted octanol–water partition coefficient (Wildman–Crippen LogP) is 5.76. The second-order valence-corrected chi connectivity index (χ2v) is 7.42. The van der Waals surface area contributed by atoms with Crippen LogP contribution >= 0.6 is 11.3 Å². The number of furan rings is 1. The van der Waals surface area contributed by atoms with Crippen LogP contribution in [0.2, 0.25) is 0 Å². The van der Waals surface area contributed by atoms with Gasteiger partial charge in [-0.1, -0.05) is 45.0 Å². The Morgan fingerprint density at radius 2 is 1.96 bits per heavy atom. The molecule has 0 radical (unpaired) electrons. The van der Waals surface area contributed by atoms with Crippen LogP contribution in [-0.2, 0) is 5.41 Å². The fourth-order valence-electron chi connectivity index (χ4n) is 2.32. The van der Waals surface area contributed by atoms with E-state index in [-0.39, 0.29) is 5.41 Å². The zero-order chi connectivity index (χ0) is 17.2. The summed E-state index contributed by atoms with van der Waals surface area (Å²) in [5.41, 5.74) is 3.69. The van der Waals surface area contributed by atoms with Crippen LogP contribution in [0.25, 0.3) is 23.1 Å². The lowest BCUT2D eigenvalue weighted by atomic mass is 9.86. The molecule has 0 saturated heterocycles. The van der Waals surface area contributed by atoms with Crippen LogP contribution in [0.5, 0.6) is 0 Å². The van der Waals surface area contributed by atoms with Gasteiger partial charge in [0.05, 0.1) is 11.8 Å². The Hall–Kier alpha value is -2.64. The molecular weight excluding hydrogens is 316 g/mol. The molecule has 2 heterocycles. The maximum Gasteiger partial charge on any atom is 0.153 e. The summed E-state index contributed by atoms with van der Waals surface area (Å²) < 4.78 is 5.35. The summed E-state index contributed by atoms with van der Waals surface area (Å²) in [6.07, 6.45) is 3.49. The molecule has 0 aliphatic rings. The highest BCUT2D eigenvalue weighted by Crippen LogP contribution is 2.28. The topological polar surface area (TPSA) is 49.8 Å². The normalized spacial score (nSPS) is 12.2. The lowest BCUT2D eigenvalue weighted by Crippen LogP contribution is -2.10. The van der Waals surface area contributed by atoms with E-state index >= 15 is 0 Å². The van der Waals surface area contributed by atoms with Gasteiger partial charge in [0, 0.05) is 5.38 Å². The van der Waals surface area contributed by atoms with E-state index in [1.807, 2.05) is 35.7 Å². The van der Waals surface area contributed by atoms with Crippen LogP contribution in [0.1, 0.15) is 36.9 Å². The Morgan fingerprint density at radius 3 is 2.54 bits per heavy atom. The highest BCUT2D eigenvalue weighted by molar-refractivity contribution is 7.11. The number of aromatic nitrogens is 1. The van der Waals surface area contributed by atoms with Gasteiger partial charge in [0.1, 0.15) is 16.8 Å². The number of rotatable bonds is 3. The molecule has 24 heavy (non-hydrogen) atoms. The molecule has 0 spiro atoms. The number of thiazole rings is 1. The number of allylic oxidation sites excluding steroid dienone is 1. The Bertz CT molecular complexity index is 889. The third kappa shape index (κ3) is 3.47. The average Bonchev–Trinajstić information content (AvgIpc) is 3.23. The maximum atomic E-state index is 9.49.